The van der Waals surface area contributed by atoms with Gasteiger partial charge in [0, 0.05) is 18.7 Å². The van der Waals surface area contributed by atoms with E-state index in [1.165, 1.54) is 11.8 Å². The van der Waals surface area contributed by atoms with Crippen molar-refractivity contribution in [1.29, 1.82) is 0 Å². The molecule has 1 aromatic rings. The summed E-state index contributed by atoms with van der Waals surface area (Å²) in [5.41, 5.74) is 2.50. The van der Waals surface area contributed by atoms with Gasteiger partial charge in [0.1, 0.15) is 11.6 Å². The first-order chi connectivity index (χ1) is 8.10. The fourth-order valence-corrected chi connectivity index (χ4v) is 1.58. The molecule has 7 heteroatoms. The molecule has 5 N–H and O–H groups in total. The fourth-order valence-electron chi connectivity index (χ4n) is 1.20. The second-order valence-corrected chi connectivity index (χ2v) is 4.64. The standard InChI is InChI=1S/C10H19N5OS/c1-6(5-16)7(2)12-8-4-9(15-11)14-10(13-8)17-3/h4,6-7,16H,5,11H2,1-3H3,(H2,12,13,14,15). The van der Waals surface area contributed by atoms with Crippen LogP contribution in [0.1, 0.15) is 13.8 Å². The Morgan fingerprint density at radius 1 is 1.41 bits per heavy atom. The maximum absolute atomic E-state index is 9.08. The van der Waals surface area contributed by atoms with E-state index in [-0.39, 0.29) is 18.6 Å². The minimum absolute atomic E-state index is 0.121. The largest absolute Gasteiger partial charge is 0.396 e. The van der Waals surface area contributed by atoms with Crippen molar-refractivity contribution in [2.75, 3.05) is 23.6 Å². The van der Waals surface area contributed by atoms with Gasteiger partial charge in [-0.3, -0.25) is 0 Å². The van der Waals surface area contributed by atoms with Gasteiger partial charge in [-0.2, -0.15) is 0 Å². The van der Waals surface area contributed by atoms with E-state index >= 15 is 0 Å². The molecule has 0 amide bonds. The number of nitrogens with one attached hydrogen (secondary N) is 2. The molecule has 0 aliphatic rings. The van der Waals surface area contributed by atoms with Crippen molar-refractivity contribution in [1.82, 2.24) is 9.97 Å². The van der Waals surface area contributed by atoms with E-state index in [9.17, 15) is 0 Å². The molecule has 0 aromatic carbocycles. The molecule has 96 valence electrons. The highest BCUT2D eigenvalue weighted by Crippen LogP contribution is 2.18. The number of aliphatic hydroxyl groups excluding tert-OH is 1. The Labute approximate surface area is 105 Å². The van der Waals surface area contributed by atoms with Gasteiger partial charge in [-0.1, -0.05) is 18.7 Å². The van der Waals surface area contributed by atoms with Crippen LogP contribution in [-0.4, -0.2) is 34.0 Å². The third-order valence-corrected chi connectivity index (χ3v) is 3.10. The number of rotatable bonds is 6. The molecule has 0 spiro atoms. The van der Waals surface area contributed by atoms with Gasteiger partial charge in [-0.05, 0) is 19.1 Å². The van der Waals surface area contributed by atoms with E-state index in [0.717, 1.165) is 0 Å². The van der Waals surface area contributed by atoms with Crippen LogP contribution in [0.3, 0.4) is 0 Å². The number of hydrogen-bond donors (Lipinski definition) is 4. The number of thioether (sulfide) groups is 1. The zero-order valence-electron chi connectivity index (χ0n) is 10.3. The van der Waals surface area contributed by atoms with Crippen LogP contribution >= 0.6 is 11.8 Å². The van der Waals surface area contributed by atoms with Crippen LogP contribution in [0, 0.1) is 5.92 Å². The van der Waals surface area contributed by atoms with Crippen LogP contribution in [0.2, 0.25) is 0 Å². The van der Waals surface area contributed by atoms with Crippen LogP contribution in [0.5, 0.6) is 0 Å². The number of nitrogens with zero attached hydrogens (tertiary/aromatic N) is 2. The molecule has 2 atom stereocenters. The molecular weight excluding hydrogens is 238 g/mol. The molecule has 0 saturated carbocycles. The van der Waals surface area contributed by atoms with Crippen LogP contribution < -0.4 is 16.6 Å². The number of aliphatic hydroxyl groups is 1. The summed E-state index contributed by atoms with van der Waals surface area (Å²) in [4.78, 5) is 8.49. The Morgan fingerprint density at radius 3 is 2.59 bits per heavy atom. The lowest BCUT2D eigenvalue weighted by atomic mass is 10.1. The molecule has 0 bridgehead atoms. The number of hydrogen-bond acceptors (Lipinski definition) is 7. The Balaban J connectivity index is 2.82. The quantitative estimate of drug-likeness (QED) is 0.260. The van der Waals surface area contributed by atoms with Crippen molar-refractivity contribution >= 4 is 23.4 Å². The highest BCUT2D eigenvalue weighted by Gasteiger charge is 2.12. The third kappa shape index (κ3) is 4.03. The highest BCUT2D eigenvalue weighted by atomic mass is 32.2. The minimum Gasteiger partial charge on any atom is -0.396 e. The lowest BCUT2D eigenvalue weighted by molar-refractivity contribution is 0.226. The summed E-state index contributed by atoms with van der Waals surface area (Å²) in [5, 5.41) is 12.9. The van der Waals surface area contributed by atoms with Gasteiger partial charge in [0.25, 0.3) is 0 Å². The normalized spacial score (nSPS) is 14.2. The Morgan fingerprint density at radius 2 is 2.06 bits per heavy atom. The molecule has 0 fully saturated rings. The molecule has 0 aliphatic carbocycles. The van der Waals surface area contributed by atoms with Crippen LogP contribution in [0.4, 0.5) is 11.6 Å². The van der Waals surface area contributed by atoms with Crippen LogP contribution in [0.25, 0.3) is 0 Å². The van der Waals surface area contributed by atoms with Gasteiger partial charge in [0.15, 0.2) is 5.16 Å². The van der Waals surface area contributed by atoms with Crippen molar-refractivity contribution < 1.29 is 5.11 Å². The first kappa shape index (κ1) is 14.0. The molecule has 1 rings (SSSR count). The molecule has 2 unspecified atom stereocenters. The Kier molecular flexibility index (Phi) is 5.46. The fraction of sp³-hybridized carbons (Fsp3) is 0.600. The van der Waals surface area contributed by atoms with E-state index in [2.05, 4.69) is 20.7 Å². The van der Waals surface area contributed by atoms with E-state index in [0.29, 0.717) is 16.8 Å². The average molecular weight is 257 g/mol. The second-order valence-electron chi connectivity index (χ2n) is 3.86. The number of aromatic nitrogens is 2. The molecule has 17 heavy (non-hydrogen) atoms. The highest BCUT2D eigenvalue weighted by molar-refractivity contribution is 7.98. The summed E-state index contributed by atoms with van der Waals surface area (Å²) < 4.78 is 0. The first-order valence-corrected chi connectivity index (χ1v) is 6.60. The van der Waals surface area contributed by atoms with Crippen LogP contribution in [0.15, 0.2) is 11.2 Å². The van der Waals surface area contributed by atoms with Crippen molar-refractivity contribution in [2.24, 2.45) is 11.8 Å². The van der Waals surface area contributed by atoms with Crippen molar-refractivity contribution in [3.8, 4) is 0 Å². The lowest BCUT2D eigenvalue weighted by Crippen LogP contribution is -2.27. The molecule has 0 aliphatic heterocycles. The molecule has 0 radical (unpaired) electrons. The first-order valence-electron chi connectivity index (χ1n) is 5.37. The zero-order valence-corrected chi connectivity index (χ0v) is 11.1. The van der Waals surface area contributed by atoms with Gasteiger partial charge in [-0.15, -0.1) is 0 Å². The second kappa shape index (κ2) is 6.63. The predicted molar refractivity (Wildman–Crippen MR) is 71.0 cm³/mol. The van der Waals surface area contributed by atoms with Gasteiger partial charge in [0.2, 0.25) is 0 Å². The maximum Gasteiger partial charge on any atom is 0.191 e. The minimum atomic E-state index is 0.121. The van der Waals surface area contributed by atoms with Gasteiger partial charge in [-0.25, -0.2) is 15.8 Å². The summed E-state index contributed by atoms with van der Waals surface area (Å²) in [7, 11) is 0. The SMILES string of the molecule is CSc1nc(NN)cc(NC(C)C(C)CO)n1. The van der Waals surface area contributed by atoms with Crippen molar-refractivity contribution in [2.45, 2.75) is 25.0 Å². The smallest absolute Gasteiger partial charge is 0.191 e. The molecule has 0 saturated heterocycles. The monoisotopic (exact) mass is 257 g/mol. The van der Waals surface area contributed by atoms with E-state index in [1.807, 2.05) is 20.1 Å². The Bertz CT molecular complexity index is 340. The summed E-state index contributed by atoms with van der Waals surface area (Å²) in [6.07, 6.45) is 1.90. The van der Waals surface area contributed by atoms with Gasteiger partial charge >= 0.3 is 0 Å². The summed E-state index contributed by atoms with van der Waals surface area (Å²) in [6.45, 7) is 4.10. The summed E-state index contributed by atoms with van der Waals surface area (Å²) in [6, 6.07) is 1.86. The molecule has 1 aromatic heterocycles. The number of nitrogen functional groups attached to an aromatic ring is 1. The Hall–Kier alpha value is -1.05. The molecular formula is C10H19N5OS. The van der Waals surface area contributed by atoms with Crippen molar-refractivity contribution in [3.05, 3.63) is 6.07 Å². The number of nitrogens with two attached hydrogens (primary N) is 1. The number of hydrazine groups is 1. The summed E-state index contributed by atoms with van der Waals surface area (Å²) in [5.74, 6) is 6.76. The maximum atomic E-state index is 9.08. The average Bonchev–Trinajstić information content (AvgIpc) is 2.36. The third-order valence-electron chi connectivity index (χ3n) is 2.55. The van der Waals surface area contributed by atoms with Gasteiger partial charge in [0.05, 0.1) is 0 Å². The van der Waals surface area contributed by atoms with Crippen LogP contribution in [-0.2, 0) is 0 Å². The van der Waals surface area contributed by atoms with E-state index < -0.39 is 0 Å². The predicted octanol–water partition coefficient (Wildman–Crippen LogP) is 0.913. The van der Waals surface area contributed by atoms with E-state index in [1.54, 1.807) is 6.07 Å². The lowest BCUT2D eigenvalue weighted by Gasteiger charge is -2.20. The van der Waals surface area contributed by atoms with Gasteiger partial charge < -0.3 is 15.8 Å². The summed E-state index contributed by atoms with van der Waals surface area (Å²) >= 11 is 1.45. The molecule has 1 heterocycles. The zero-order chi connectivity index (χ0) is 12.8. The molecule has 6 nitrogen and oxygen atoms in total. The number of anilines is 2. The van der Waals surface area contributed by atoms with E-state index in [4.69, 9.17) is 10.9 Å². The topological polar surface area (TPSA) is 96.1 Å². The van der Waals surface area contributed by atoms with Crippen molar-refractivity contribution in [3.63, 3.8) is 0 Å².